The van der Waals surface area contributed by atoms with Gasteiger partial charge in [0.25, 0.3) is 0 Å². The van der Waals surface area contributed by atoms with Gasteiger partial charge in [-0.05, 0) is 22.7 Å². The summed E-state index contributed by atoms with van der Waals surface area (Å²) in [6.07, 6.45) is 0. The summed E-state index contributed by atoms with van der Waals surface area (Å²) in [5, 5.41) is 3.78. The van der Waals surface area contributed by atoms with Crippen LogP contribution in [0.3, 0.4) is 0 Å². The second-order valence-corrected chi connectivity index (χ2v) is 7.61. The topological polar surface area (TPSA) is 12.0 Å². The van der Waals surface area contributed by atoms with Crippen LogP contribution in [0.1, 0.15) is 62.3 Å². The van der Waals surface area contributed by atoms with Crippen molar-refractivity contribution in [1.29, 1.82) is 0 Å². The van der Waals surface area contributed by atoms with Crippen LogP contribution >= 0.6 is 0 Å². The summed E-state index contributed by atoms with van der Waals surface area (Å²) in [4.78, 5) is 0. The molecule has 1 heteroatoms. The van der Waals surface area contributed by atoms with Gasteiger partial charge < -0.3 is 5.32 Å². The Bertz CT molecular complexity index is 196. The van der Waals surface area contributed by atoms with Gasteiger partial charge in [0.2, 0.25) is 0 Å². The summed E-state index contributed by atoms with van der Waals surface area (Å²) in [5.74, 6) is 1.40. The van der Waals surface area contributed by atoms with E-state index in [0.717, 1.165) is 6.54 Å². The zero-order valence-electron chi connectivity index (χ0n) is 12.9. The Labute approximate surface area is 103 Å². The van der Waals surface area contributed by atoms with Crippen molar-refractivity contribution in [1.82, 2.24) is 5.32 Å². The molecule has 0 heterocycles. The highest BCUT2D eigenvalue weighted by atomic mass is 14.9. The van der Waals surface area contributed by atoms with Crippen LogP contribution in [0.15, 0.2) is 0 Å². The van der Waals surface area contributed by atoms with E-state index in [4.69, 9.17) is 0 Å². The summed E-state index contributed by atoms with van der Waals surface area (Å²) in [7, 11) is 0. The Morgan fingerprint density at radius 3 is 1.56 bits per heavy atom. The number of rotatable bonds is 5. The molecule has 0 aromatic carbocycles. The van der Waals surface area contributed by atoms with E-state index < -0.39 is 0 Å². The monoisotopic (exact) mass is 227 g/mol. The lowest BCUT2D eigenvalue weighted by Gasteiger charge is -2.39. The summed E-state index contributed by atoms with van der Waals surface area (Å²) in [6, 6.07) is 0.588. The molecule has 0 aromatic rings. The van der Waals surface area contributed by atoms with Crippen LogP contribution in [0, 0.1) is 22.7 Å². The van der Waals surface area contributed by atoms with E-state index in [1.807, 2.05) is 0 Å². The van der Waals surface area contributed by atoms with Crippen LogP contribution < -0.4 is 5.32 Å². The molecule has 0 aliphatic carbocycles. The molecular formula is C15H33N. The summed E-state index contributed by atoms with van der Waals surface area (Å²) < 4.78 is 0. The lowest BCUT2D eigenvalue weighted by molar-refractivity contribution is 0.163. The van der Waals surface area contributed by atoms with Crippen LogP contribution in [0.5, 0.6) is 0 Å². The maximum Gasteiger partial charge on any atom is 0.0139 e. The standard InChI is InChI=1S/C15H33N/c1-11(2)13(14(5,6)7)16-10-15(8,9)12(3)4/h11-13,16H,10H2,1-9H3. The average Bonchev–Trinajstić information content (AvgIpc) is 1.99. The Morgan fingerprint density at radius 1 is 0.875 bits per heavy atom. The predicted molar refractivity (Wildman–Crippen MR) is 74.7 cm³/mol. The molecule has 1 unspecified atom stereocenters. The number of hydrogen-bond acceptors (Lipinski definition) is 1. The normalized spacial score (nSPS) is 15.9. The molecule has 16 heavy (non-hydrogen) atoms. The van der Waals surface area contributed by atoms with Gasteiger partial charge in [0.15, 0.2) is 0 Å². The van der Waals surface area contributed by atoms with Crippen molar-refractivity contribution in [2.24, 2.45) is 22.7 Å². The molecule has 0 aliphatic heterocycles. The maximum absolute atomic E-state index is 3.78. The van der Waals surface area contributed by atoms with Crippen molar-refractivity contribution < 1.29 is 0 Å². The fourth-order valence-corrected chi connectivity index (χ4v) is 2.12. The molecule has 0 radical (unpaired) electrons. The van der Waals surface area contributed by atoms with E-state index in [-0.39, 0.29) is 0 Å². The summed E-state index contributed by atoms with van der Waals surface area (Å²) in [6.45, 7) is 22.0. The quantitative estimate of drug-likeness (QED) is 0.737. The predicted octanol–water partition coefficient (Wildman–Crippen LogP) is 4.33. The molecular weight excluding hydrogens is 194 g/mol. The van der Waals surface area contributed by atoms with Crippen LogP contribution in [-0.4, -0.2) is 12.6 Å². The second-order valence-electron chi connectivity index (χ2n) is 7.61. The van der Waals surface area contributed by atoms with Gasteiger partial charge in [-0.1, -0.05) is 62.3 Å². The van der Waals surface area contributed by atoms with Gasteiger partial charge in [0.1, 0.15) is 0 Å². The highest BCUT2D eigenvalue weighted by Crippen LogP contribution is 2.29. The minimum absolute atomic E-state index is 0.335. The molecule has 0 saturated heterocycles. The van der Waals surface area contributed by atoms with Crippen molar-refractivity contribution in [3.05, 3.63) is 0 Å². The Morgan fingerprint density at radius 2 is 1.31 bits per heavy atom. The van der Waals surface area contributed by atoms with Gasteiger partial charge in [0.05, 0.1) is 0 Å². The van der Waals surface area contributed by atoms with Crippen LogP contribution in [-0.2, 0) is 0 Å². The lowest BCUT2D eigenvalue weighted by atomic mass is 9.77. The van der Waals surface area contributed by atoms with Crippen LogP contribution in [0.25, 0.3) is 0 Å². The first kappa shape index (κ1) is 16.0. The minimum Gasteiger partial charge on any atom is -0.313 e. The zero-order chi connectivity index (χ0) is 13.1. The third-order valence-electron chi connectivity index (χ3n) is 3.94. The van der Waals surface area contributed by atoms with Crippen molar-refractivity contribution in [3.63, 3.8) is 0 Å². The van der Waals surface area contributed by atoms with Crippen molar-refractivity contribution >= 4 is 0 Å². The summed E-state index contributed by atoms with van der Waals surface area (Å²) >= 11 is 0. The van der Waals surface area contributed by atoms with E-state index in [1.54, 1.807) is 0 Å². The molecule has 98 valence electrons. The van der Waals surface area contributed by atoms with E-state index in [1.165, 1.54) is 0 Å². The molecule has 0 bridgehead atoms. The van der Waals surface area contributed by atoms with Crippen molar-refractivity contribution in [2.45, 2.75) is 68.4 Å². The van der Waals surface area contributed by atoms with Gasteiger partial charge in [-0.25, -0.2) is 0 Å². The minimum atomic E-state index is 0.335. The highest BCUT2D eigenvalue weighted by molar-refractivity contribution is 4.86. The lowest BCUT2D eigenvalue weighted by Crippen LogP contribution is -2.48. The first-order valence-electron chi connectivity index (χ1n) is 6.72. The van der Waals surface area contributed by atoms with E-state index in [9.17, 15) is 0 Å². The van der Waals surface area contributed by atoms with Gasteiger partial charge >= 0.3 is 0 Å². The molecule has 0 saturated carbocycles. The average molecular weight is 227 g/mol. The molecule has 0 amide bonds. The van der Waals surface area contributed by atoms with Gasteiger partial charge in [-0.3, -0.25) is 0 Å². The molecule has 1 atom stereocenters. The van der Waals surface area contributed by atoms with E-state index >= 15 is 0 Å². The van der Waals surface area contributed by atoms with E-state index in [0.29, 0.717) is 28.7 Å². The number of nitrogens with one attached hydrogen (secondary N) is 1. The van der Waals surface area contributed by atoms with Crippen molar-refractivity contribution in [3.8, 4) is 0 Å². The summed E-state index contributed by atoms with van der Waals surface area (Å²) in [5.41, 5.74) is 0.708. The first-order valence-corrected chi connectivity index (χ1v) is 6.72. The third-order valence-corrected chi connectivity index (χ3v) is 3.94. The molecule has 0 aliphatic rings. The Kier molecular flexibility index (Phi) is 5.52. The second kappa shape index (κ2) is 5.53. The Balaban J connectivity index is 4.46. The van der Waals surface area contributed by atoms with Crippen LogP contribution in [0.4, 0.5) is 0 Å². The smallest absolute Gasteiger partial charge is 0.0139 e. The van der Waals surface area contributed by atoms with Crippen LogP contribution in [0.2, 0.25) is 0 Å². The third kappa shape index (κ3) is 4.86. The molecule has 0 aromatic heterocycles. The van der Waals surface area contributed by atoms with Gasteiger partial charge in [-0.2, -0.15) is 0 Å². The molecule has 0 spiro atoms. The van der Waals surface area contributed by atoms with Crippen molar-refractivity contribution in [2.75, 3.05) is 6.54 Å². The van der Waals surface area contributed by atoms with E-state index in [2.05, 4.69) is 67.6 Å². The largest absolute Gasteiger partial charge is 0.313 e. The fourth-order valence-electron chi connectivity index (χ4n) is 2.12. The first-order chi connectivity index (χ1) is 6.98. The van der Waals surface area contributed by atoms with Gasteiger partial charge in [-0.15, -0.1) is 0 Å². The maximum atomic E-state index is 3.78. The SMILES string of the molecule is CC(C)C(NCC(C)(C)C(C)C)C(C)(C)C. The molecule has 1 nitrogen and oxygen atoms in total. The zero-order valence-corrected chi connectivity index (χ0v) is 12.9. The molecule has 1 N–H and O–H groups in total. The highest BCUT2D eigenvalue weighted by Gasteiger charge is 2.30. The fraction of sp³-hybridized carbons (Fsp3) is 1.00. The molecule has 0 fully saturated rings. The molecule has 0 rings (SSSR count). The van der Waals surface area contributed by atoms with Gasteiger partial charge in [0, 0.05) is 12.6 Å². The number of hydrogen-bond donors (Lipinski definition) is 1. The Hall–Kier alpha value is -0.0400.